The van der Waals surface area contributed by atoms with Gasteiger partial charge in [-0.25, -0.2) is 4.39 Å². The van der Waals surface area contributed by atoms with Crippen molar-refractivity contribution < 1.29 is 9.50 Å². The molecule has 0 radical (unpaired) electrons. The van der Waals surface area contributed by atoms with Gasteiger partial charge in [-0.1, -0.05) is 11.8 Å². The monoisotopic (exact) mass is 446 g/mol. The minimum atomic E-state index is -0.455. The van der Waals surface area contributed by atoms with E-state index in [-0.39, 0.29) is 22.4 Å². The van der Waals surface area contributed by atoms with Crippen LogP contribution in [0, 0.1) is 5.82 Å². The maximum absolute atomic E-state index is 15.1. The number of H-pyrrole nitrogens is 1. The van der Waals surface area contributed by atoms with Crippen LogP contribution in [0.3, 0.4) is 0 Å². The lowest BCUT2D eigenvalue weighted by molar-refractivity contribution is 0.114. The van der Waals surface area contributed by atoms with Crippen LogP contribution in [-0.2, 0) is 0 Å². The number of amidine groups is 1. The molecule has 3 heterocycles. The van der Waals surface area contributed by atoms with Gasteiger partial charge in [0, 0.05) is 43.0 Å². The molecule has 2 aromatic rings. The first-order valence-corrected chi connectivity index (χ1v) is 11.4. The van der Waals surface area contributed by atoms with Crippen molar-refractivity contribution >= 4 is 16.9 Å². The van der Waals surface area contributed by atoms with E-state index in [9.17, 15) is 5.11 Å². The molecule has 2 aliphatic heterocycles. The average molecular weight is 447 g/mol. The van der Waals surface area contributed by atoms with Crippen LogP contribution in [0.5, 0.6) is 5.75 Å². The van der Waals surface area contributed by atoms with Crippen molar-refractivity contribution in [2.45, 2.75) is 63.0 Å². The molecule has 1 fully saturated rings. The number of aromatic hydroxyl groups is 1. The number of nitrogens with zero attached hydrogens (tertiary/aromatic N) is 4. The molecule has 7 nitrogen and oxygen atoms in total. The van der Waals surface area contributed by atoms with E-state index in [2.05, 4.69) is 55.2 Å². The van der Waals surface area contributed by atoms with Crippen LogP contribution in [0.4, 0.5) is 4.39 Å². The second-order valence-corrected chi connectivity index (χ2v) is 10.9. The summed E-state index contributed by atoms with van der Waals surface area (Å²) >= 11 is 1.47. The minimum absolute atomic E-state index is 0.0170. The van der Waals surface area contributed by atoms with Gasteiger partial charge in [0.2, 0.25) is 0 Å². The topological polar surface area (TPSA) is 79.8 Å². The van der Waals surface area contributed by atoms with E-state index in [1.165, 1.54) is 17.8 Å². The molecule has 0 aliphatic carbocycles. The molecule has 9 heteroatoms. The van der Waals surface area contributed by atoms with Gasteiger partial charge in [0.25, 0.3) is 0 Å². The molecule has 1 aromatic heterocycles. The molecule has 3 N–H and O–H groups in total. The van der Waals surface area contributed by atoms with Gasteiger partial charge in [-0.2, -0.15) is 10.2 Å². The number of phenolic OH excluding ortho intramolecular Hbond substituents is 1. The minimum Gasteiger partial charge on any atom is -0.507 e. The summed E-state index contributed by atoms with van der Waals surface area (Å²) in [6.45, 7) is 8.90. The summed E-state index contributed by atoms with van der Waals surface area (Å²) in [6.07, 6.45) is 5.24. The van der Waals surface area contributed by atoms with Gasteiger partial charge in [-0.15, -0.1) is 0 Å². The first-order valence-electron chi connectivity index (χ1n) is 10.5. The van der Waals surface area contributed by atoms with Gasteiger partial charge in [-0.05, 0) is 58.2 Å². The lowest BCUT2D eigenvalue weighted by Gasteiger charge is -2.49. The van der Waals surface area contributed by atoms with Crippen molar-refractivity contribution in [2.75, 3.05) is 14.1 Å². The van der Waals surface area contributed by atoms with Crippen LogP contribution < -0.4 is 5.32 Å². The number of hydrogen-bond donors (Lipinski definition) is 3. The van der Waals surface area contributed by atoms with Crippen molar-refractivity contribution in [1.82, 2.24) is 25.4 Å². The van der Waals surface area contributed by atoms with Crippen LogP contribution in [0.2, 0.25) is 0 Å². The number of aromatic amines is 1. The summed E-state index contributed by atoms with van der Waals surface area (Å²) in [6, 6.07) is 3.33. The molecule has 4 rings (SSSR count). The van der Waals surface area contributed by atoms with Crippen LogP contribution >= 0.6 is 11.8 Å². The summed E-state index contributed by atoms with van der Waals surface area (Å²) in [7, 11) is 3.88. The zero-order valence-corrected chi connectivity index (χ0v) is 19.7. The number of phenols is 1. The molecule has 0 spiro atoms. The van der Waals surface area contributed by atoms with E-state index >= 15 is 4.39 Å². The van der Waals surface area contributed by atoms with Gasteiger partial charge in [-0.3, -0.25) is 10.1 Å². The zero-order chi connectivity index (χ0) is 22.6. The van der Waals surface area contributed by atoms with Gasteiger partial charge >= 0.3 is 0 Å². The molecular formula is C22H31FN6OS. The molecule has 1 atom stereocenters. The molecule has 31 heavy (non-hydrogen) atoms. The summed E-state index contributed by atoms with van der Waals surface area (Å²) in [5.41, 5.74) is 1.58. The van der Waals surface area contributed by atoms with E-state index in [4.69, 9.17) is 5.10 Å². The molecule has 168 valence electrons. The first-order chi connectivity index (χ1) is 14.5. The summed E-state index contributed by atoms with van der Waals surface area (Å²) in [5, 5.41) is 27.8. The fourth-order valence-corrected chi connectivity index (χ4v) is 6.15. The number of aromatic nitrogens is 2. The van der Waals surface area contributed by atoms with E-state index < -0.39 is 11.2 Å². The number of nitrogens with one attached hydrogen (secondary N) is 2. The summed E-state index contributed by atoms with van der Waals surface area (Å²) in [5.74, 6) is -0.535. The molecule has 1 unspecified atom stereocenters. The predicted molar refractivity (Wildman–Crippen MR) is 123 cm³/mol. The van der Waals surface area contributed by atoms with E-state index in [0.717, 1.165) is 23.6 Å². The first kappa shape index (κ1) is 22.0. The average Bonchev–Trinajstić information content (AvgIpc) is 3.28. The Bertz CT molecular complexity index is 951. The molecular weight excluding hydrogens is 415 g/mol. The van der Waals surface area contributed by atoms with Crippen molar-refractivity contribution in [3.8, 4) is 16.9 Å². The Morgan fingerprint density at radius 1 is 1.19 bits per heavy atom. The molecule has 0 amide bonds. The Labute approximate surface area is 187 Å². The molecule has 0 bridgehead atoms. The number of benzene rings is 1. The highest BCUT2D eigenvalue weighted by molar-refractivity contribution is 8.14. The largest absolute Gasteiger partial charge is 0.507 e. The smallest absolute Gasteiger partial charge is 0.185 e. The van der Waals surface area contributed by atoms with Crippen LogP contribution in [-0.4, -0.2) is 61.6 Å². The third-order valence-electron chi connectivity index (χ3n) is 6.00. The van der Waals surface area contributed by atoms with Crippen LogP contribution in [0.15, 0.2) is 29.6 Å². The fraction of sp³-hybridized carbons (Fsp3) is 0.545. The van der Waals surface area contributed by atoms with Gasteiger partial charge in [0.15, 0.2) is 5.17 Å². The van der Waals surface area contributed by atoms with Gasteiger partial charge < -0.3 is 15.3 Å². The fourth-order valence-electron chi connectivity index (χ4n) is 4.91. The highest BCUT2D eigenvalue weighted by Crippen LogP contribution is 2.45. The second-order valence-electron chi connectivity index (χ2n) is 9.87. The molecule has 2 aliphatic rings. The zero-order valence-electron chi connectivity index (χ0n) is 18.9. The Hall–Kier alpha value is -2.26. The number of hydrogen-bond acceptors (Lipinski definition) is 7. The normalized spacial score (nSPS) is 23.1. The number of hydrazone groups is 1. The van der Waals surface area contributed by atoms with Crippen molar-refractivity contribution in [3.63, 3.8) is 0 Å². The number of piperidine rings is 1. The van der Waals surface area contributed by atoms with E-state index in [1.54, 1.807) is 23.5 Å². The van der Waals surface area contributed by atoms with Crippen molar-refractivity contribution in [3.05, 3.63) is 35.9 Å². The molecule has 1 saturated heterocycles. The Morgan fingerprint density at radius 3 is 2.45 bits per heavy atom. The third kappa shape index (κ3) is 4.39. The van der Waals surface area contributed by atoms with Gasteiger partial charge in [0.1, 0.15) is 16.9 Å². The maximum Gasteiger partial charge on any atom is 0.185 e. The second kappa shape index (κ2) is 7.70. The standard InChI is InChI=1S/C22H31FN6OS/c1-21(2)9-15(10-22(3,4)27-21)28(5)20-26-29(6)19(31-20)18-16(23)7-13(8-17(18)30)14-11-24-25-12-14/h7-8,11-12,15,19,27,30H,9-10H2,1-6H3,(H,24,25). The SMILES string of the molecule is CN1N=C(N(C)C2CC(C)(C)NC(C)(C)C2)SC1c1c(O)cc(-c2cn[nH]c2)cc1F. The Morgan fingerprint density at radius 2 is 1.87 bits per heavy atom. The van der Waals surface area contributed by atoms with Gasteiger partial charge in [0.05, 0.1) is 11.8 Å². The molecule has 0 saturated carbocycles. The quantitative estimate of drug-likeness (QED) is 0.659. The third-order valence-corrected chi connectivity index (χ3v) is 7.35. The van der Waals surface area contributed by atoms with Crippen LogP contribution in [0.25, 0.3) is 11.1 Å². The highest BCUT2D eigenvalue weighted by Gasteiger charge is 2.42. The Balaban J connectivity index is 1.55. The number of halogens is 1. The maximum atomic E-state index is 15.1. The highest BCUT2D eigenvalue weighted by atomic mass is 32.2. The molecule has 1 aromatic carbocycles. The summed E-state index contributed by atoms with van der Waals surface area (Å²) < 4.78 is 15.1. The lowest BCUT2D eigenvalue weighted by atomic mass is 9.79. The van der Waals surface area contributed by atoms with E-state index in [0.29, 0.717) is 11.6 Å². The number of thioether (sulfide) groups is 1. The van der Waals surface area contributed by atoms with Crippen LogP contribution in [0.1, 0.15) is 51.5 Å². The Kier molecular flexibility index (Phi) is 5.46. The van der Waals surface area contributed by atoms with Crippen molar-refractivity contribution in [1.29, 1.82) is 0 Å². The lowest BCUT2D eigenvalue weighted by Crippen LogP contribution is -2.62. The number of rotatable bonds is 3. The van der Waals surface area contributed by atoms with E-state index in [1.807, 2.05) is 7.05 Å². The summed E-state index contributed by atoms with van der Waals surface area (Å²) in [4.78, 5) is 2.21. The predicted octanol–water partition coefficient (Wildman–Crippen LogP) is 4.11. The van der Waals surface area contributed by atoms with Crippen molar-refractivity contribution in [2.24, 2.45) is 5.10 Å².